The van der Waals surface area contributed by atoms with Crippen LogP contribution in [0.25, 0.3) is 0 Å². The van der Waals surface area contributed by atoms with Gasteiger partial charge < -0.3 is 9.79 Å². The van der Waals surface area contributed by atoms with Gasteiger partial charge in [0, 0.05) is 28.4 Å². The van der Waals surface area contributed by atoms with E-state index in [2.05, 4.69) is 8.05 Å². The van der Waals surface area contributed by atoms with Crippen molar-refractivity contribution in [2.45, 2.75) is 19.4 Å². The predicted molar refractivity (Wildman–Crippen MR) is 49.2 cm³/mol. The number of phosphoric ester groups is 1. The van der Waals surface area contributed by atoms with Crippen molar-refractivity contribution in [3.05, 3.63) is 0 Å². The molecule has 0 aliphatic carbocycles. The third-order valence-electron chi connectivity index (χ3n) is 0.849. The highest BCUT2D eigenvalue weighted by atomic mass is 127. The second kappa shape index (κ2) is 4.15. The van der Waals surface area contributed by atoms with Crippen LogP contribution in [-0.2, 0) is 9.09 Å². The molecule has 0 aromatic heterocycles. The van der Waals surface area contributed by atoms with E-state index in [-0.39, 0.29) is 6.61 Å². The van der Waals surface area contributed by atoms with Crippen LogP contribution in [0.5, 0.6) is 0 Å². The zero-order valence-corrected chi connectivity index (χ0v) is 9.30. The molecule has 3 N–H and O–H groups in total. The molecule has 0 saturated heterocycles. The summed E-state index contributed by atoms with van der Waals surface area (Å²) in [6, 6.07) is 0. The molecule has 68 valence electrons. The molecule has 0 unspecified atom stereocenters. The van der Waals surface area contributed by atoms with Crippen molar-refractivity contribution in [2.75, 3.05) is 6.61 Å². The smallest absolute Gasteiger partial charge is 0.303 e. The highest BCUT2D eigenvalue weighted by molar-refractivity contribution is 14.1. The van der Waals surface area contributed by atoms with Crippen LogP contribution in [0.4, 0.5) is 0 Å². The van der Waals surface area contributed by atoms with Crippen LogP contribution in [-0.4, -0.2) is 21.9 Å². The van der Waals surface area contributed by atoms with Crippen molar-refractivity contribution < 1.29 is 18.9 Å². The summed E-state index contributed by atoms with van der Waals surface area (Å²) in [6.45, 7) is 3.52. The minimum atomic E-state index is -4.32. The standard InChI is InChI=1S/C4H11INO4P/c1-4(2,6-5)3-10-11(7,8)9/h6H,3H2,1-2H3,(H2,7,8,9). The van der Waals surface area contributed by atoms with Crippen LogP contribution >= 0.6 is 30.7 Å². The first-order chi connectivity index (χ1) is 4.77. The lowest BCUT2D eigenvalue weighted by atomic mass is 10.1. The highest BCUT2D eigenvalue weighted by Gasteiger charge is 2.22. The Bertz CT molecular complexity index is 167. The minimum absolute atomic E-state index is 0.0276. The lowest BCUT2D eigenvalue weighted by Crippen LogP contribution is -2.36. The van der Waals surface area contributed by atoms with Crippen molar-refractivity contribution >= 4 is 30.7 Å². The van der Waals surface area contributed by atoms with Gasteiger partial charge in [0.1, 0.15) is 0 Å². The van der Waals surface area contributed by atoms with Crippen LogP contribution in [0.2, 0.25) is 0 Å². The number of hydrogen-bond acceptors (Lipinski definition) is 3. The molecular weight excluding hydrogens is 284 g/mol. The van der Waals surface area contributed by atoms with Crippen LogP contribution in [0, 0.1) is 0 Å². The number of halogens is 1. The summed E-state index contributed by atoms with van der Waals surface area (Å²) in [7, 11) is -4.32. The van der Waals surface area contributed by atoms with Crippen LogP contribution in [0.15, 0.2) is 0 Å². The molecule has 0 saturated carbocycles. The van der Waals surface area contributed by atoms with Crippen molar-refractivity contribution in [2.24, 2.45) is 0 Å². The molecular formula is C4H11INO4P. The van der Waals surface area contributed by atoms with Gasteiger partial charge in [-0.1, -0.05) is 0 Å². The predicted octanol–water partition coefficient (Wildman–Crippen LogP) is 0.814. The van der Waals surface area contributed by atoms with Gasteiger partial charge >= 0.3 is 7.82 Å². The van der Waals surface area contributed by atoms with Gasteiger partial charge in [-0.2, -0.15) is 0 Å². The first kappa shape index (κ1) is 11.8. The maximum absolute atomic E-state index is 10.2. The number of nitrogens with one attached hydrogen (secondary N) is 1. The van der Waals surface area contributed by atoms with E-state index in [0.717, 1.165) is 0 Å². The van der Waals surface area contributed by atoms with Gasteiger partial charge in [0.05, 0.1) is 6.61 Å². The van der Waals surface area contributed by atoms with Crippen molar-refractivity contribution in [3.63, 3.8) is 0 Å². The van der Waals surface area contributed by atoms with Gasteiger partial charge in [0.2, 0.25) is 0 Å². The van der Waals surface area contributed by atoms with Crippen LogP contribution < -0.4 is 3.53 Å². The molecule has 11 heavy (non-hydrogen) atoms. The highest BCUT2D eigenvalue weighted by Crippen LogP contribution is 2.36. The average molecular weight is 295 g/mol. The summed E-state index contributed by atoms with van der Waals surface area (Å²) >= 11 is 1.90. The summed E-state index contributed by atoms with van der Waals surface area (Å²) in [4.78, 5) is 16.7. The molecule has 0 amide bonds. The van der Waals surface area contributed by atoms with Gasteiger partial charge in [-0.15, -0.1) is 0 Å². The molecule has 0 heterocycles. The van der Waals surface area contributed by atoms with E-state index in [1.54, 1.807) is 13.8 Å². The normalized spacial score (nSPS) is 13.5. The molecule has 7 heteroatoms. The minimum Gasteiger partial charge on any atom is -0.303 e. The van der Waals surface area contributed by atoms with Crippen LogP contribution in [0.1, 0.15) is 13.8 Å². The Morgan fingerprint density at radius 2 is 2.09 bits per heavy atom. The summed E-state index contributed by atoms with van der Waals surface area (Å²) < 4.78 is 17.3. The third-order valence-corrected chi connectivity index (χ3v) is 2.77. The van der Waals surface area contributed by atoms with E-state index in [1.165, 1.54) is 0 Å². The van der Waals surface area contributed by atoms with E-state index < -0.39 is 13.4 Å². The lowest BCUT2D eigenvalue weighted by Gasteiger charge is -2.22. The Labute approximate surface area is 79.3 Å². The van der Waals surface area contributed by atoms with Crippen molar-refractivity contribution in [3.8, 4) is 0 Å². The molecule has 5 nitrogen and oxygen atoms in total. The molecule has 0 rings (SSSR count). The number of rotatable bonds is 4. The largest absolute Gasteiger partial charge is 0.469 e. The van der Waals surface area contributed by atoms with E-state index in [9.17, 15) is 4.57 Å². The lowest BCUT2D eigenvalue weighted by molar-refractivity contribution is 0.161. The zero-order chi connectivity index (χ0) is 9.12. The first-order valence-corrected chi connectivity index (χ1v) is 5.46. The van der Waals surface area contributed by atoms with Gasteiger partial charge in [-0.3, -0.25) is 8.05 Å². The van der Waals surface area contributed by atoms with Crippen molar-refractivity contribution in [1.82, 2.24) is 3.53 Å². The SMILES string of the molecule is CC(C)(COP(=O)(O)O)NI. The fourth-order valence-corrected chi connectivity index (χ4v) is 0.919. The number of hydrogen-bond donors (Lipinski definition) is 3. The Morgan fingerprint density at radius 3 is 2.36 bits per heavy atom. The monoisotopic (exact) mass is 295 g/mol. The fourth-order valence-electron chi connectivity index (χ4n) is 0.273. The average Bonchev–Trinajstić information content (AvgIpc) is 1.83. The molecule has 0 aromatic rings. The second-order valence-electron chi connectivity index (χ2n) is 2.74. The molecule has 0 fully saturated rings. The topological polar surface area (TPSA) is 78.8 Å². The Morgan fingerprint density at radius 1 is 1.64 bits per heavy atom. The Hall–Kier alpha value is 0.800. The van der Waals surface area contributed by atoms with E-state index in [0.29, 0.717) is 0 Å². The molecule has 0 radical (unpaired) electrons. The van der Waals surface area contributed by atoms with Gasteiger partial charge in [-0.05, 0) is 13.8 Å². The first-order valence-electron chi connectivity index (χ1n) is 2.85. The van der Waals surface area contributed by atoms with Gasteiger partial charge in [0.15, 0.2) is 0 Å². The Kier molecular flexibility index (Phi) is 4.46. The number of phosphoric acid groups is 1. The van der Waals surface area contributed by atoms with Gasteiger partial charge in [0.25, 0.3) is 0 Å². The molecule has 0 aromatic carbocycles. The second-order valence-corrected chi connectivity index (χ2v) is 4.52. The Balaban J connectivity index is 3.80. The summed E-state index contributed by atoms with van der Waals surface area (Å²) in [5.74, 6) is 0. The van der Waals surface area contributed by atoms with Crippen LogP contribution in [0.3, 0.4) is 0 Å². The van der Waals surface area contributed by atoms with Crippen molar-refractivity contribution in [1.29, 1.82) is 0 Å². The molecule has 0 aliphatic heterocycles. The third kappa shape index (κ3) is 7.17. The van der Waals surface area contributed by atoms with E-state index in [4.69, 9.17) is 9.79 Å². The molecule has 0 bridgehead atoms. The summed E-state index contributed by atoms with van der Waals surface area (Å²) in [6.07, 6.45) is 0. The quantitative estimate of drug-likeness (QED) is 0.406. The molecule has 0 aliphatic rings. The van der Waals surface area contributed by atoms with Gasteiger partial charge in [-0.25, -0.2) is 4.57 Å². The fraction of sp³-hybridized carbons (Fsp3) is 1.00. The summed E-state index contributed by atoms with van der Waals surface area (Å²) in [5, 5.41) is 0. The maximum atomic E-state index is 10.2. The summed E-state index contributed by atoms with van der Waals surface area (Å²) in [5.41, 5.74) is -0.429. The maximum Gasteiger partial charge on any atom is 0.469 e. The van der Waals surface area contributed by atoms with E-state index >= 15 is 0 Å². The van der Waals surface area contributed by atoms with E-state index in [1.807, 2.05) is 22.9 Å². The molecule has 0 spiro atoms. The zero-order valence-electron chi connectivity index (χ0n) is 6.24. The molecule has 0 atom stereocenters.